The molecule has 0 bridgehead atoms. The summed E-state index contributed by atoms with van der Waals surface area (Å²) in [5.74, 6) is 1.26. The van der Waals surface area contributed by atoms with Gasteiger partial charge in [-0.1, -0.05) is 30.3 Å². The van der Waals surface area contributed by atoms with Gasteiger partial charge in [-0.2, -0.15) is 0 Å². The Morgan fingerprint density at radius 3 is 2.46 bits per heavy atom. The Balaban J connectivity index is 1.28. The van der Waals surface area contributed by atoms with Crippen LogP contribution in [-0.4, -0.2) is 42.1 Å². The summed E-state index contributed by atoms with van der Waals surface area (Å²) >= 11 is 0. The summed E-state index contributed by atoms with van der Waals surface area (Å²) in [6.45, 7) is 1.47. The molecule has 3 aliphatic rings. The molecule has 0 radical (unpaired) electrons. The van der Waals surface area contributed by atoms with Crippen molar-refractivity contribution < 1.29 is 9.53 Å². The fraction of sp³-hybridized carbons (Fsp3) is 0.682. The van der Waals surface area contributed by atoms with Crippen LogP contribution in [-0.2, 0) is 9.53 Å². The fourth-order valence-electron chi connectivity index (χ4n) is 4.66. The smallest absolute Gasteiger partial charge is 0.226 e. The lowest BCUT2D eigenvalue weighted by molar-refractivity contribution is -0.139. The van der Waals surface area contributed by atoms with E-state index in [0.717, 1.165) is 45.1 Å². The molecule has 2 N–H and O–H groups in total. The predicted molar refractivity (Wildman–Crippen MR) is 103 cm³/mol. The van der Waals surface area contributed by atoms with Gasteiger partial charge in [0, 0.05) is 18.5 Å². The van der Waals surface area contributed by atoms with Crippen molar-refractivity contribution in [2.24, 2.45) is 11.7 Å². The van der Waals surface area contributed by atoms with Crippen LogP contribution in [0.5, 0.6) is 0 Å². The highest BCUT2D eigenvalue weighted by Gasteiger charge is 2.40. The molecule has 26 heavy (non-hydrogen) atoms. The Kier molecular flexibility index (Phi) is 5.60. The van der Waals surface area contributed by atoms with Crippen molar-refractivity contribution in [2.75, 3.05) is 13.2 Å². The number of nitrogens with two attached hydrogens (primary N) is 1. The number of amides is 1. The zero-order valence-corrected chi connectivity index (χ0v) is 15.7. The van der Waals surface area contributed by atoms with E-state index < -0.39 is 0 Å². The van der Waals surface area contributed by atoms with Gasteiger partial charge in [0.05, 0.1) is 18.8 Å². The monoisotopic (exact) mass is 356 g/mol. The third-order valence-electron chi connectivity index (χ3n) is 6.49. The lowest BCUT2D eigenvalue weighted by Crippen LogP contribution is -2.57. The van der Waals surface area contributed by atoms with Crippen LogP contribution in [0.3, 0.4) is 0 Å². The number of hydrogen-bond donors (Lipinski definition) is 1. The molecule has 1 aromatic carbocycles. The Morgan fingerprint density at radius 1 is 1.04 bits per heavy atom. The summed E-state index contributed by atoms with van der Waals surface area (Å²) < 4.78 is 6.28. The first-order chi connectivity index (χ1) is 12.7. The van der Waals surface area contributed by atoms with Gasteiger partial charge < -0.3 is 15.4 Å². The number of piperidine rings is 1. The van der Waals surface area contributed by atoms with E-state index in [4.69, 9.17) is 10.5 Å². The minimum atomic E-state index is 0.0621. The molecule has 4 heteroatoms. The number of nitrogens with zero attached hydrogens (tertiary/aromatic N) is 1. The zero-order valence-electron chi connectivity index (χ0n) is 15.7. The average molecular weight is 357 g/mol. The van der Waals surface area contributed by atoms with Crippen molar-refractivity contribution in [3.63, 3.8) is 0 Å². The predicted octanol–water partition coefficient (Wildman–Crippen LogP) is 3.46. The normalized spacial score (nSPS) is 32.4. The average Bonchev–Trinajstić information content (AvgIpc) is 3.53. The Morgan fingerprint density at radius 2 is 1.77 bits per heavy atom. The molecular formula is C22H32N2O2. The van der Waals surface area contributed by atoms with Gasteiger partial charge in [0.25, 0.3) is 0 Å². The van der Waals surface area contributed by atoms with E-state index in [-0.39, 0.29) is 18.0 Å². The molecule has 3 fully saturated rings. The van der Waals surface area contributed by atoms with Crippen molar-refractivity contribution in [3.8, 4) is 0 Å². The Bertz CT molecular complexity index is 593. The highest BCUT2D eigenvalue weighted by molar-refractivity contribution is 5.81. The van der Waals surface area contributed by atoms with Gasteiger partial charge in [0.2, 0.25) is 5.91 Å². The molecule has 1 unspecified atom stereocenters. The number of rotatable bonds is 5. The van der Waals surface area contributed by atoms with Crippen LogP contribution >= 0.6 is 0 Å². The van der Waals surface area contributed by atoms with Gasteiger partial charge in [0.1, 0.15) is 0 Å². The molecule has 142 valence electrons. The number of carbonyl (C=O) groups is 1. The van der Waals surface area contributed by atoms with Crippen LogP contribution in [0.4, 0.5) is 0 Å². The van der Waals surface area contributed by atoms with Gasteiger partial charge in [-0.25, -0.2) is 0 Å². The van der Waals surface area contributed by atoms with Gasteiger partial charge in [-0.3, -0.25) is 4.79 Å². The molecule has 2 atom stereocenters. The second kappa shape index (κ2) is 8.10. The molecule has 4 nitrogen and oxygen atoms in total. The topological polar surface area (TPSA) is 55.6 Å². The van der Waals surface area contributed by atoms with E-state index in [9.17, 15) is 4.79 Å². The van der Waals surface area contributed by atoms with Crippen LogP contribution in [0.2, 0.25) is 0 Å². The van der Waals surface area contributed by atoms with Gasteiger partial charge >= 0.3 is 0 Å². The van der Waals surface area contributed by atoms with Crippen molar-refractivity contribution >= 4 is 5.91 Å². The number of hydrogen-bond acceptors (Lipinski definition) is 3. The number of carbonyl (C=O) groups excluding carboxylic acids is 1. The quantitative estimate of drug-likeness (QED) is 0.879. The molecule has 1 heterocycles. The third kappa shape index (κ3) is 4.12. The molecule has 1 saturated heterocycles. The SMILES string of the molecule is NC1CCCN(C(=O)C2CC2)[C@H]1COC1CCC(c2ccccc2)CC1. The second-order valence-corrected chi connectivity index (χ2v) is 8.40. The maximum Gasteiger partial charge on any atom is 0.226 e. The fourth-order valence-corrected chi connectivity index (χ4v) is 4.66. The molecule has 1 aliphatic heterocycles. The summed E-state index contributed by atoms with van der Waals surface area (Å²) in [5, 5.41) is 0. The Hall–Kier alpha value is -1.39. The van der Waals surface area contributed by atoms with Crippen LogP contribution in [0.15, 0.2) is 30.3 Å². The maximum atomic E-state index is 12.6. The van der Waals surface area contributed by atoms with E-state index in [1.54, 1.807) is 0 Å². The number of likely N-dealkylation sites (tertiary alicyclic amines) is 1. The van der Waals surface area contributed by atoms with Crippen LogP contribution in [0, 0.1) is 5.92 Å². The van der Waals surface area contributed by atoms with E-state index in [1.807, 2.05) is 4.90 Å². The molecule has 1 amide bonds. The first kappa shape index (κ1) is 18.0. The molecule has 4 rings (SSSR count). The van der Waals surface area contributed by atoms with Crippen molar-refractivity contribution in [2.45, 2.75) is 75.5 Å². The molecule has 1 aromatic rings. The second-order valence-electron chi connectivity index (χ2n) is 8.40. The van der Waals surface area contributed by atoms with E-state index in [2.05, 4.69) is 30.3 Å². The third-order valence-corrected chi connectivity index (χ3v) is 6.49. The van der Waals surface area contributed by atoms with E-state index >= 15 is 0 Å². The number of benzene rings is 1. The zero-order chi connectivity index (χ0) is 17.9. The summed E-state index contributed by atoms with van der Waals surface area (Å²) in [6, 6.07) is 11.0. The minimum Gasteiger partial charge on any atom is -0.376 e. The first-order valence-corrected chi connectivity index (χ1v) is 10.4. The van der Waals surface area contributed by atoms with E-state index in [1.165, 1.54) is 18.4 Å². The summed E-state index contributed by atoms with van der Waals surface area (Å²) in [4.78, 5) is 14.6. The summed E-state index contributed by atoms with van der Waals surface area (Å²) in [5.41, 5.74) is 7.83. The van der Waals surface area contributed by atoms with Crippen molar-refractivity contribution in [1.29, 1.82) is 0 Å². The highest BCUT2D eigenvalue weighted by Crippen LogP contribution is 2.35. The summed E-state index contributed by atoms with van der Waals surface area (Å²) in [6.07, 6.45) is 9.06. The molecular weight excluding hydrogens is 324 g/mol. The molecule has 2 aliphatic carbocycles. The van der Waals surface area contributed by atoms with Crippen LogP contribution < -0.4 is 5.73 Å². The van der Waals surface area contributed by atoms with Gasteiger partial charge in [-0.15, -0.1) is 0 Å². The molecule has 0 spiro atoms. The van der Waals surface area contributed by atoms with E-state index in [0.29, 0.717) is 24.5 Å². The maximum absolute atomic E-state index is 12.6. The molecule has 0 aromatic heterocycles. The molecule has 2 saturated carbocycles. The highest BCUT2D eigenvalue weighted by atomic mass is 16.5. The van der Waals surface area contributed by atoms with Crippen LogP contribution in [0.25, 0.3) is 0 Å². The van der Waals surface area contributed by atoms with Gasteiger partial charge in [-0.05, 0) is 62.8 Å². The minimum absolute atomic E-state index is 0.0621. The lowest BCUT2D eigenvalue weighted by Gasteiger charge is -2.41. The number of ether oxygens (including phenoxy) is 1. The lowest BCUT2D eigenvalue weighted by atomic mass is 9.83. The standard InChI is InChI=1S/C22H32N2O2/c23-20-7-4-14-24(22(25)18-8-9-18)21(20)15-26-19-12-10-17(11-13-19)16-5-2-1-3-6-16/h1-3,5-6,17-21H,4,7-15,23H2/t17?,19?,20?,21-/m0/s1. The van der Waals surface area contributed by atoms with Crippen molar-refractivity contribution in [1.82, 2.24) is 4.90 Å². The summed E-state index contributed by atoms with van der Waals surface area (Å²) in [7, 11) is 0. The van der Waals surface area contributed by atoms with Gasteiger partial charge in [0.15, 0.2) is 0 Å². The first-order valence-electron chi connectivity index (χ1n) is 10.4. The Labute approximate surface area is 157 Å². The van der Waals surface area contributed by atoms with Crippen LogP contribution in [0.1, 0.15) is 62.8 Å². The largest absolute Gasteiger partial charge is 0.376 e. The van der Waals surface area contributed by atoms with Crippen molar-refractivity contribution in [3.05, 3.63) is 35.9 Å².